The first-order chi connectivity index (χ1) is 10.3. The highest BCUT2D eigenvalue weighted by atomic mass is 16.5. The van der Waals surface area contributed by atoms with Crippen molar-refractivity contribution in [1.82, 2.24) is 15.1 Å². The van der Waals surface area contributed by atoms with Gasteiger partial charge < -0.3 is 10.3 Å². The average molecular weight is 286 g/mol. The smallest absolute Gasteiger partial charge is 0.230 e. The maximum atomic E-state index is 5.74. The van der Waals surface area contributed by atoms with Crippen molar-refractivity contribution < 1.29 is 4.52 Å². The fourth-order valence-corrected chi connectivity index (χ4v) is 3.07. The van der Waals surface area contributed by atoms with Crippen molar-refractivity contribution in [3.05, 3.63) is 29.8 Å². The quantitative estimate of drug-likeness (QED) is 0.935. The van der Waals surface area contributed by atoms with E-state index in [1.54, 1.807) is 6.20 Å². The summed E-state index contributed by atoms with van der Waals surface area (Å²) >= 11 is 0. The molecule has 21 heavy (non-hydrogen) atoms. The van der Waals surface area contributed by atoms with E-state index in [0.717, 1.165) is 55.8 Å². The Morgan fingerprint density at radius 2 is 2.10 bits per heavy atom. The Kier molecular flexibility index (Phi) is 4.29. The van der Waals surface area contributed by atoms with Gasteiger partial charge in [-0.15, -0.1) is 0 Å². The number of nitrogens with zero attached hydrogens (tertiary/aromatic N) is 3. The van der Waals surface area contributed by atoms with Gasteiger partial charge in [-0.1, -0.05) is 18.1 Å². The highest BCUT2D eigenvalue weighted by Gasteiger charge is 2.26. The minimum atomic E-state index is 0.378. The molecule has 5 nitrogen and oxygen atoms in total. The van der Waals surface area contributed by atoms with E-state index in [1.165, 1.54) is 0 Å². The third kappa shape index (κ3) is 2.97. The molecule has 0 atom stereocenters. The lowest BCUT2D eigenvalue weighted by Gasteiger charge is -2.24. The van der Waals surface area contributed by atoms with Gasteiger partial charge in [0.25, 0.3) is 0 Å². The van der Waals surface area contributed by atoms with Crippen molar-refractivity contribution in [3.63, 3.8) is 0 Å². The Hall–Kier alpha value is -1.75. The normalized spacial score (nSPS) is 22.4. The number of aryl methyl sites for hydroxylation is 1. The number of nitrogens with two attached hydrogens (primary N) is 1. The van der Waals surface area contributed by atoms with Crippen molar-refractivity contribution in [3.8, 4) is 11.5 Å². The van der Waals surface area contributed by atoms with Gasteiger partial charge in [0.05, 0.1) is 0 Å². The monoisotopic (exact) mass is 286 g/mol. The first-order valence-corrected chi connectivity index (χ1v) is 7.79. The molecule has 0 aromatic carbocycles. The molecular weight excluding hydrogens is 264 g/mol. The van der Waals surface area contributed by atoms with E-state index in [2.05, 4.69) is 28.1 Å². The van der Waals surface area contributed by atoms with Gasteiger partial charge in [-0.2, -0.15) is 4.98 Å². The second kappa shape index (κ2) is 6.35. The van der Waals surface area contributed by atoms with Crippen LogP contribution in [0.4, 0.5) is 0 Å². The maximum absolute atomic E-state index is 5.74. The molecule has 2 aromatic rings. The van der Waals surface area contributed by atoms with Crippen LogP contribution in [0, 0.1) is 5.92 Å². The Balaban J connectivity index is 1.78. The van der Waals surface area contributed by atoms with E-state index in [-0.39, 0.29) is 0 Å². The first kappa shape index (κ1) is 14.2. The Morgan fingerprint density at radius 3 is 2.81 bits per heavy atom. The summed E-state index contributed by atoms with van der Waals surface area (Å²) < 4.78 is 5.49. The zero-order chi connectivity index (χ0) is 14.7. The summed E-state index contributed by atoms with van der Waals surface area (Å²) in [5, 5.41) is 4.14. The van der Waals surface area contributed by atoms with Crippen molar-refractivity contribution in [2.45, 2.75) is 44.9 Å². The molecule has 5 heteroatoms. The van der Waals surface area contributed by atoms with Crippen LogP contribution >= 0.6 is 0 Å². The van der Waals surface area contributed by atoms with E-state index in [9.17, 15) is 0 Å². The predicted octanol–water partition coefficient (Wildman–Crippen LogP) is 2.93. The van der Waals surface area contributed by atoms with Crippen LogP contribution in [0.3, 0.4) is 0 Å². The van der Waals surface area contributed by atoms with Gasteiger partial charge in [0, 0.05) is 12.1 Å². The molecule has 1 aliphatic rings. The molecule has 2 N–H and O–H groups in total. The van der Waals surface area contributed by atoms with Gasteiger partial charge in [-0.25, -0.2) is 0 Å². The molecule has 0 spiro atoms. The zero-order valence-corrected chi connectivity index (χ0v) is 12.5. The van der Waals surface area contributed by atoms with E-state index >= 15 is 0 Å². The molecule has 0 aliphatic heterocycles. The topological polar surface area (TPSA) is 77.8 Å². The Labute approximate surface area is 125 Å². The van der Waals surface area contributed by atoms with Crippen LogP contribution in [0.25, 0.3) is 11.5 Å². The third-order valence-corrected chi connectivity index (χ3v) is 4.46. The zero-order valence-electron chi connectivity index (χ0n) is 12.5. The molecule has 0 amide bonds. The largest absolute Gasteiger partial charge is 0.339 e. The molecule has 0 unspecified atom stereocenters. The Morgan fingerprint density at radius 1 is 1.29 bits per heavy atom. The molecule has 2 heterocycles. The molecule has 2 aromatic heterocycles. The van der Waals surface area contributed by atoms with E-state index in [4.69, 9.17) is 10.3 Å². The van der Waals surface area contributed by atoms with Gasteiger partial charge >= 0.3 is 0 Å². The van der Waals surface area contributed by atoms with Crippen LogP contribution in [0.5, 0.6) is 0 Å². The molecule has 1 aliphatic carbocycles. The summed E-state index contributed by atoms with van der Waals surface area (Å²) in [5.74, 6) is 2.41. The van der Waals surface area contributed by atoms with Gasteiger partial charge in [0.1, 0.15) is 5.69 Å². The van der Waals surface area contributed by atoms with Crippen LogP contribution in [0.1, 0.15) is 50.0 Å². The van der Waals surface area contributed by atoms with Gasteiger partial charge in [0.15, 0.2) is 0 Å². The number of rotatable bonds is 4. The van der Waals surface area contributed by atoms with Crippen LogP contribution in [0.2, 0.25) is 0 Å². The summed E-state index contributed by atoms with van der Waals surface area (Å²) in [6.07, 6.45) is 7.18. The number of aromatic nitrogens is 3. The highest BCUT2D eigenvalue weighted by Crippen LogP contribution is 2.35. The minimum Gasteiger partial charge on any atom is -0.339 e. The fraction of sp³-hybridized carbons (Fsp3) is 0.562. The molecule has 1 fully saturated rings. The molecule has 0 saturated heterocycles. The van der Waals surface area contributed by atoms with Gasteiger partial charge in [0.2, 0.25) is 11.7 Å². The summed E-state index contributed by atoms with van der Waals surface area (Å²) in [5.41, 5.74) is 7.73. The van der Waals surface area contributed by atoms with Crippen molar-refractivity contribution >= 4 is 0 Å². The summed E-state index contributed by atoms with van der Waals surface area (Å²) in [6.45, 7) is 2.89. The third-order valence-electron chi connectivity index (χ3n) is 4.46. The van der Waals surface area contributed by atoms with Crippen LogP contribution < -0.4 is 5.73 Å². The van der Waals surface area contributed by atoms with Crippen molar-refractivity contribution in [2.75, 3.05) is 6.54 Å². The SMILES string of the molecule is CCc1cccnc1-c1noc(C2CCC(CN)CC2)n1. The highest BCUT2D eigenvalue weighted by molar-refractivity contribution is 5.53. The lowest BCUT2D eigenvalue weighted by molar-refractivity contribution is 0.275. The van der Waals surface area contributed by atoms with E-state index in [0.29, 0.717) is 17.7 Å². The lowest BCUT2D eigenvalue weighted by atomic mass is 9.82. The van der Waals surface area contributed by atoms with Crippen molar-refractivity contribution in [1.29, 1.82) is 0 Å². The molecule has 0 radical (unpaired) electrons. The summed E-state index contributed by atoms with van der Waals surface area (Å²) in [6, 6.07) is 4.00. The van der Waals surface area contributed by atoms with Crippen LogP contribution in [-0.2, 0) is 6.42 Å². The number of hydrogen-bond acceptors (Lipinski definition) is 5. The number of pyridine rings is 1. The summed E-state index contributed by atoms with van der Waals surface area (Å²) in [7, 11) is 0. The van der Waals surface area contributed by atoms with Gasteiger partial charge in [-0.05, 0) is 56.2 Å². The van der Waals surface area contributed by atoms with Crippen molar-refractivity contribution in [2.24, 2.45) is 11.7 Å². The molecule has 1 saturated carbocycles. The predicted molar refractivity (Wildman–Crippen MR) is 80.7 cm³/mol. The van der Waals surface area contributed by atoms with Crippen LogP contribution in [-0.4, -0.2) is 21.7 Å². The Bertz CT molecular complexity index is 587. The second-order valence-corrected chi connectivity index (χ2v) is 5.77. The average Bonchev–Trinajstić information content (AvgIpc) is 3.04. The minimum absolute atomic E-state index is 0.378. The lowest BCUT2D eigenvalue weighted by Crippen LogP contribution is -2.20. The molecule has 112 valence electrons. The van der Waals surface area contributed by atoms with Gasteiger partial charge in [-0.3, -0.25) is 4.98 Å². The van der Waals surface area contributed by atoms with Crippen LogP contribution in [0.15, 0.2) is 22.9 Å². The second-order valence-electron chi connectivity index (χ2n) is 5.77. The standard InChI is InChI=1S/C16H22N4O/c1-2-12-4-3-9-18-14(12)15-19-16(21-20-15)13-7-5-11(10-17)6-8-13/h3-4,9,11,13H,2,5-8,10,17H2,1H3. The van der Waals surface area contributed by atoms with E-state index in [1.807, 2.05) is 6.07 Å². The molecular formula is C16H22N4O. The first-order valence-electron chi connectivity index (χ1n) is 7.79. The molecule has 0 bridgehead atoms. The van der Waals surface area contributed by atoms with E-state index < -0.39 is 0 Å². The fourth-order valence-electron chi connectivity index (χ4n) is 3.07. The maximum Gasteiger partial charge on any atom is 0.230 e. The summed E-state index contributed by atoms with van der Waals surface area (Å²) in [4.78, 5) is 8.99. The molecule has 3 rings (SSSR count). The number of hydrogen-bond donors (Lipinski definition) is 1.